The zero-order valence-corrected chi connectivity index (χ0v) is 10.9. The molecule has 0 saturated carbocycles. The van der Waals surface area contributed by atoms with Crippen molar-refractivity contribution in [2.45, 2.75) is 39.7 Å². The molecule has 1 atom stereocenters. The molecule has 2 aliphatic rings. The molecule has 3 heteroatoms. The molecule has 17 heavy (non-hydrogen) atoms. The molecule has 0 unspecified atom stereocenters. The van der Waals surface area contributed by atoms with Crippen molar-refractivity contribution in [1.82, 2.24) is 4.90 Å². The minimum atomic E-state index is -0.262. The summed E-state index contributed by atoms with van der Waals surface area (Å²) in [5.74, 6) is 0.220. The van der Waals surface area contributed by atoms with Gasteiger partial charge in [-0.15, -0.1) is 0 Å². The largest absolute Gasteiger partial charge is 0.337 e. The first-order valence-electron chi connectivity index (χ1n) is 5.97. The van der Waals surface area contributed by atoms with Gasteiger partial charge < -0.3 is 4.90 Å². The lowest BCUT2D eigenvalue weighted by Crippen LogP contribution is -2.43. The maximum Gasteiger partial charge on any atom is 0.224 e. The molecule has 0 radical (unpaired) electrons. The molecule has 1 saturated heterocycles. The average molecular weight is 233 g/mol. The van der Waals surface area contributed by atoms with Crippen LogP contribution in [-0.4, -0.2) is 28.7 Å². The van der Waals surface area contributed by atoms with Gasteiger partial charge in [-0.25, -0.2) is 0 Å². The van der Waals surface area contributed by atoms with Crippen LogP contribution in [0.5, 0.6) is 0 Å². The zero-order valence-electron chi connectivity index (χ0n) is 10.9. The van der Waals surface area contributed by atoms with E-state index >= 15 is 0 Å². The van der Waals surface area contributed by atoms with Crippen LogP contribution in [0.1, 0.15) is 34.1 Å². The summed E-state index contributed by atoms with van der Waals surface area (Å²) in [6.45, 7) is 8.61. The van der Waals surface area contributed by atoms with E-state index in [1.807, 2.05) is 44.7 Å². The first kappa shape index (κ1) is 12.1. The van der Waals surface area contributed by atoms with Crippen molar-refractivity contribution >= 4 is 11.7 Å². The molecule has 1 fully saturated rings. The van der Waals surface area contributed by atoms with E-state index in [9.17, 15) is 9.59 Å². The van der Waals surface area contributed by atoms with Crippen molar-refractivity contribution in [3.8, 4) is 0 Å². The Hall–Kier alpha value is -1.38. The van der Waals surface area contributed by atoms with E-state index < -0.39 is 0 Å². The summed E-state index contributed by atoms with van der Waals surface area (Å²) in [5, 5.41) is 0. The molecule has 92 valence electrons. The zero-order chi connectivity index (χ0) is 12.8. The van der Waals surface area contributed by atoms with E-state index in [-0.39, 0.29) is 22.6 Å². The van der Waals surface area contributed by atoms with Gasteiger partial charge in [-0.3, -0.25) is 9.59 Å². The highest BCUT2D eigenvalue weighted by Gasteiger charge is 2.44. The number of ketones is 1. The van der Waals surface area contributed by atoms with Crippen molar-refractivity contribution in [3.63, 3.8) is 0 Å². The number of allylic oxidation sites excluding steroid dienone is 2. The number of carbonyl (C=O) groups excluding carboxylic acids is 2. The van der Waals surface area contributed by atoms with Crippen LogP contribution < -0.4 is 0 Å². The first-order valence-corrected chi connectivity index (χ1v) is 5.97. The Balaban J connectivity index is 2.31. The number of hydrogen-bond donors (Lipinski definition) is 0. The summed E-state index contributed by atoms with van der Waals surface area (Å²) in [6, 6.07) is 0. The Bertz CT molecular complexity index is 440. The summed E-state index contributed by atoms with van der Waals surface area (Å²) in [7, 11) is 0. The van der Waals surface area contributed by atoms with Crippen LogP contribution >= 0.6 is 0 Å². The van der Waals surface area contributed by atoms with E-state index in [0.717, 1.165) is 5.57 Å². The van der Waals surface area contributed by atoms with Crippen LogP contribution in [0.25, 0.3) is 0 Å². The SMILES string of the molecule is CC1=C[C@]2(C=CC1=O)CC(=O)N(C(C)(C)C)C2. The highest BCUT2D eigenvalue weighted by atomic mass is 16.2. The lowest BCUT2D eigenvalue weighted by Gasteiger charge is -2.34. The maximum absolute atomic E-state index is 12.1. The predicted octanol–water partition coefficient (Wildman–Crippen LogP) is 2.09. The molecule has 1 amide bonds. The molecule has 0 aromatic rings. The Labute approximate surface area is 102 Å². The van der Waals surface area contributed by atoms with Crippen molar-refractivity contribution in [2.75, 3.05) is 6.54 Å². The summed E-state index contributed by atoms with van der Waals surface area (Å²) in [6.07, 6.45) is 5.94. The van der Waals surface area contributed by atoms with Gasteiger partial charge in [0.25, 0.3) is 0 Å². The Morgan fingerprint density at radius 3 is 2.41 bits per heavy atom. The fourth-order valence-electron chi connectivity index (χ4n) is 2.56. The smallest absolute Gasteiger partial charge is 0.224 e. The second-order valence-electron chi connectivity index (χ2n) is 6.09. The molecule has 1 aliphatic carbocycles. The third kappa shape index (κ3) is 2.06. The third-order valence-corrected chi connectivity index (χ3v) is 3.50. The summed E-state index contributed by atoms with van der Waals surface area (Å²) in [5.41, 5.74) is 0.330. The molecule has 0 bridgehead atoms. The fourth-order valence-corrected chi connectivity index (χ4v) is 2.56. The van der Waals surface area contributed by atoms with Crippen molar-refractivity contribution in [1.29, 1.82) is 0 Å². The standard InChI is InChI=1S/C14H19NO2/c1-10-7-14(6-5-11(10)16)8-12(17)15(9-14)13(2,3)4/h5-7H,8-9H2,1-4H3/t14-/m1/s1. The van der Waals surface area contributed by atoms with E-state index in [1.54, 1.807) is 6.08 Å². The molecule has 0 aromatic carbocycles. The highest BCUT2D eigenvalue weighted by Crippen LogP contribution is 2.40. The average Bonchev–Trinajstić information content (AvgIpc) is 2.50. The molecule has 1 heterocycles. The van der Waals surface area contributed by atoms with Gasteiger partial charge >= 0.3 is 0 Å². The van der Waals surface area contributed by atoms with E-state index in [0.29, 0.717) is 13.0 Å². The van der Waals surface area contributed by atoms with Gasteiger partial charge in [0.15, 0.2) is 5.78 Å². The minimum absolute atomic E-state index is 0.0530. The molecule has 0 N–H and O–H groups in total. The molecular formula is C14H19NO2. The monoisotopic (exact) mass is 233 g/mol. The van der Waals surface area contributed by atoms with Crippen LogP contribution in [0, 0.1) is 5.41 Å². The van der Waals surface area contributed by atoms with Gasteiger partial charge in [0.1, 0.15) is 0 Å². The van der Waals surface area contributed by atoms with Crippen molar-refractivity contribution < 1.29 is 9.59 Å². The molecule has 1 aliphatic heterocycles. The third-order valence-electron chi connectivity index (χ3n) is 3.50. The van der Waals surface area contributed by atoms with Crippen LogP contribution in [-0.2, 0) is 9.59 Å². The normalized spacial score (nSPS) is 29.2. The number of amides is 1. The molecule has 0 aromatic heterocycles. The van der Waals surface area contributed by atoms with Crippen molar-refractivity contribution in [2.24, 2.45) is 5.41 Å². The molecule has 1 spiro atoms. The number of rotatable bonds is 0. The lowest BCUT2D eigenvalue weighted by molar-refractivity contribution is -0.131. The Kier molecular flexibility index (Phi) is 2.53. The lowest BCUT2D eigenvalue weighted by atomic mass is 9.80. The van der Waals surface area contributed by atoms with Crippen molar-refractivity contribution in [3.05, 3.63) is 23.8 Å². The maximum atomic E-state index is 12.1. The van der Waals surface area contributed by atoms with Gasteiger partial charge in [0.2, 0.25) is 5.91 Å². The van der Waals surface area contributed by atoms with Crippen LogP contribution in [0.4, 0.5) is 0 Å². The minimum Gasteiger partial charge on any atom is -0.337 e. The van der Waals surface area contributed by atoms with Gasteiger partial charge in [0, 0.05) is 23.9 Å². The molecular weight excluding hydrogens is 214 g/mol. The van der Waals surface area contributed by atoms with Crippen LogP contribution in [0.15, 0.2) is 23.8 Å². The second-order valence-corrected chi connectivity index (χ2v) is 6.09. The highest BCUT2D eigenvalue weighted by molar-refractivity contribution is 6.05. The quantitative estimate of drug-likeness (QED) is 0.642. The summed E-state index contributed by atoms with van der Waals surface area (Å²) < 4.78 is 0. The predicted molar refractivity (Wildman–Crippen MR) is 66.4 cm³/mol. The van der Waals surface area contributed by atoms with E-state index in [2.05, 4.69) is 0 Å². The number of carbonyl (C=O) groups is 2. The van der Waals surface area contributed by atoms with Crippen LogP contribution in [0.3, 0.4) is 0 Å². The topological polar surface area (TPSA) is 37.4 Å². The number of likely N-dealkylation sites (tertiary alicyclic amines) is 1. The van der Waals surface area contributed by atoms with Gasteiger partial charge in [-0.05, 0) is 39.3 Å². The first-order chi connectivity index (χ1) is 7.73. The molecule has 3 nitrogen and oxygen atoms in total. The number of nitrogens with zero attached hydrogens (tertiary/aromatic N) is 1. The fraction of sp³-hybridized carbons (Fsp3) is 0.571. The van der Waals surface area contributed by atoms with Crippen LogP contribution in [0.2, 0.25) is 0 Å². The Morgan fingerprint density at radius 2 is 1.94 bits per heavy atom. The van der Waals surface area contributed by atoms with Gasteiger partial charge in [0.05, 0.1) is 0 Å². The number of hydrogen-bond acceptors (Lipinski definition) is 2. The summed E-state index contributed by atoms with van der Waals surface area (Å²) in [4.78, 5) is 25.4. The van der Waals surface area contributed by atoms with Gasteiger partial charge in [-0.2, -0.15) is 0 Å². The van der Waals surface area contributed by atoms with E-state index in [4.69, 9.17) is 0 Å². The second kappa shape index (κ2) is 3.56. The summed E-state index contributed by atoms with van der Waals surface area (Å²) >= 11 is 0. The molecule has 2 rings (SSSR count). The van der Waals surface area contributed by atoms with Gasteiger partial charge in [-0.1, -0.05) is 12.2 Å². The van der Waals surface area contributed by atoms with E-state index in [1.165, 1.54) is 0 Å². The Morgan fingerprint density at radius 1 is 1.29 bits per heavy atom.